The Balaban J connectivity index is 1.75. The van der Waals surface area contributed by atoms with Crippen LogP contribution in [0.4, 0.5) is 0 Å². The maximum Gasteiger partial charge on any atom is 0.318 e. The average molecular weight is 192 g/mol. The highest BCUT2D eigenvalue weighted by molar-refractivity contribution is 6.42. The van der Waals surface area contributed by atoms with Gasteiger partial charge in [-0.1, -0.05) is 0 Å². The second-order valence-electron chi connectivity index (χ2n) is 2.86. The van der Waals surface area contributed by atoms with Crippen molar-refractivity contribution in [1.29, 1.82) is 0 Å². The van der Waals surface area contributed by atoms with Crippen molar-refractivity contribution in [2.24, 2.45) is 0 Å². The molecule has 0 aromatic heterocycles. The zero-order valence-corrected chi connectivity index (χ0v) is 8.52. The molecule has 0 radical (unpaired) electrons. The van der Waals surface area contributed by atoms with Gasteiger partial charge >= 0.3 is 9.28 Å². The first-order chi connectivity index (χ1) is 5.83. The van der Waals surface area contributed by atoms with E-state index in [9.17, 15) is 0 Å². The molecule has 1 N–H and O–H groups in total. The summed E-state index contributed by atoms with van der Waals surface area (Å²) in [5.74, 6) is 0. The summed E-state index contributed by atoms with van der Waals surface area (Å²) in [7, 11) is -0.293. The Morgan fingerprint density at radius 3 is 3.00 bits per heavy atom. The minimum absolute atomic E-state index is 0.342. The quantitative estimate of drug-likeness (QED) is 0.340. The van der Waals surface area contributed by atoms with Crippen LogP contribution in [-0.4, -0.2) is 47.1 Å². The van der Waals surface area contributed by atoms with Crippen LogP contribution in [-0.2, 0) is 13.9 Å². The van der Waals surface area contributed by atoms with E-state index in [2.05, 4.69) is 0 Å². The van der Waals surface area contributed by atoms with Crippen molar-refractivity contribution in [3.63, 3.8) is 0 Å². The SMILES string of the molecule is CO[SiH](O)CCCOCC1CO1. The molecule has 0 aromatic rings. The molecule has 2 atom stereocenters. The molecule has 0 aliphatic carbocycles. The fourth-order valence-corrected chi connectivity index (χ4v) is 1.61. The van der Waals surface area contributed by atoms with Crippen LogP contribution in [0.15, 0.2) is 0 Å². The smallest absolute Gasteiger partial charge is 0.318 e. The van der Waals surface area contributed by atoms with Crippen LogP contribution in [0, 0.1) is 0 Å². The van der Waals surface area contributed by atoms with Gasteiger partial charge in [0.05, 0.1) is 13.2 Å². The third kappa shape index (κ3) is 4.84. The maximum atomic E-state index is 9.12. The van der Waals surface area contributed by atoms with E-state index in [1.54, 1.807) is 7.11 Å². The first-order valence-corrected chi connectivity index (χ1v) is 6.03. The first-order valence-electron chi connectivity index (χ1n) is 4.23. The van der Waals surface area contributed by atoms with Crippen LogP contribution in [0.1, 0.15) is 6.42 Å². The number of ether oxygens (including phenoxy) is 2. The van der Waals surface area contributed by atoms with Gasteiger partial charge in [0.15, 0.2) is 0 Å². The van der Waals surface area contributed by atoms with Crippen molar-refractivity contribution in [3.05, 3.63) is 0 Å². The van der Waals surface area contributed by atoms with Gasteiger partial charge in [0.1, 0.15) is 6.10 Å². The van der Waals surface area contributed by atoms with Crippen LogP contribution in [0.3, 0.4) is 0 Å². The molecule has 0 bridgehead atoms. The summed E-state index contributed by atoms with van der Waals surface area (Å²) < 4.78 is 15.1. The predicted octanol–water partition coefficient (Wildman–Crippen LogP) is -0.349. The Kier molecular flexibility index (Phi) is 4.78. The van der Waals surface area contributed by atoms with Crippen molar-refractivity contribution < 1.29 is 18.7 Å². The van der Waals surface area contributed by atoms with Gasteiger partial charge < -0.3 is 18.7 Å². The molecule has 1 rings (SSSR count). The average Bonchev–Trinajstić information content (AvgIpc) is 2.87. The van der Waals surface area contributed by atoms with Gasteiger partial charge in [0.2, 0.25) is 0 Å². The van der Waals surface area contributed by atoms with Crippen LogP contribution < -0.4 is 0 Å². The Hall–Kier alpha value is 0.0569. The molecule has 12 heavy (non-hydrogen) atoms. The van der Waals surface area contributed by atoms with E-state index in [4.69, 9.17) is 18.7 Å². The van der Waals surface area contributed by atoms with Crippen molar-refractivity contribution in [1.82, 2.24) is 0 Å². The minimum atomic E-state index is -1.84. The monoisotopic (exact) mass is 192 g/mol. The topological polar surface area (TPSA) is 51.2 Å². The fraction of sp³-hybridized carbons (Fsp3) is 1.00. The Labute approximate surface area is 74.3 Å². The maximum absolute atomic E-state index is 9.12. The van der Waals surface area contributed by atoms with E-state index in [1.807, 2.05) is 0 Å². The van der Waals surface area contributed by atoms with E-state index in [-0.39, 0.29) is 0 Å². The number of hydrogen-bond donors (Lipinski definition) is 1. The highest BCUT2D eigenvalue weighted by Gasteiger charge is 2.21. The van der Waals surface area contributed by atoms with Crippen molar-refractivity contribution in [3.8, 4) is 0 Å². The molecule has 1 saturated heterocycles. The predicted molar refractivity (Wildman–Crippen MR) is 46.4 cm³/mol. The van der Waals surface area contributed by atoms with E-state index >= 15 is 0 Å². The largest absolute Gasteiger partial charge is 0.413 e. The first kappa shape index (κ1) is 10.1. The molecule has 0 saturated carbocycles. The van der Waals surface area contributed by atoms with Gasteiger partial charge in [-0.3, -0.25) is 0 Å². The minimum Gasteiger partial charge on any atom is -0.413 e. The Morgan fingerprint density at radius 1 is 1.67 bits per heavy atom. The third-order valence-electron chi connectivity index (χ3n) is 1.72. The lowest BCUT2D eigenvalue weighted by Gasteiger charge is -2.05. The summed E-state index contributed by atoms with van der Waals surface area (Å²) in [6.45, 7) is 2.24. The third-order valence-corrected chi connectivity index (χ3v) is 3.16. The lowest BCUT2D eigenvalue weighted by atomic mass is 10.5. The molecule has 2 unspecified atom stereocenters. The van der Waals surface area contributed by atoms with Crippen LogP contribution in [0.25, 0.3) is 0 Å². The van der Waals surface area contributed by atoms with E-state index < -0.39 is 9.28 Å². The van der Waals surface area contributed by atoms with Crippen LogP contribution in [0.2, 0.25) is 6.04 Å². The number of epoxide rings is 1. The molecule has 5 heteroatoms. The van der Waals surface area contributed by atoms with E-state index in [0.29, 0.717) is 19.3 Å². The molecular weight excluding hydrogens is 176 g/mol. The van der Waals surface area contributed by atoms with Gasteiger partial charge in [0.25, 0.3) is 0 Å². The summed E-state index contributed by atoms with van der Waals surface area (Å²) in [5.41, 5.74) is 0. The normalized spacial score (nSPS) is 24.0. The molecule has 0 spiro atoms. The number of hydrogen-bond acceptors (Lipinski definition) is 4. The molecular formula is C7H16O4Si. The number of rotatable bonds is 7. The highest BCUT2D eigenvalue weighted by Crippen LogP contribution is 2.08. The molecule has 4 nitrogen and oxygen atoms in total. The molecule has 1 aliphatic heterocycles. The highest BCUT2D eigenvalue weighted by atomic mass is 28.3. The van der Waals surface area contributed by atoms with Gasteiger partial charge in [0, 0.05) is 13.7 Å². The van der Waals surface area contributed by atoms with Gasteiger partial charge in [-0.25, -0.2) is 0 Å². The summed E-state index contributed by atoms with van der Waals surface area (Å²) in [5, 5.41) is 0. The van der Waals surface area contributed by atoms with E-state index in [1.165, 1.54) is 0 Å². The van der Waals surface area contributed by atoms with Gasteiger partial charge in [-0.05, 0) is 12.5 Å². The molecule has 0 amide bonds. The van der Waals surface area contributed by atoms with Crippen molar-refractivity contribution >= 4 is 9.28 Å². The summed E-state index contributed by atoms with van der Waals surface area (Å²) in [4.78, 5) is 9.12. The van der Waals surface area contributed by atoms with Crippen molar-refractivity contribution in [2.45, 2.75) is 18.6 Å². The lowest BCUT2D eigenvalue weighted by Crippen LogP contribution is -2.15. The van der Waals surface area contributed by atoms with Crippen molar-refractivity contribution in [2.75, 3.05) is 26.9 Å². The summed E-state index contributed by atoms with van der Waals surface area (Å²) in [6.07, 6.45) is 1.23. The molecule has 0 aromatic carbocycles. The lowest BCUT2D eigenvalue weighted by molar-refractivity contribution is 0.116. The van der Waals surface area contributed by atoms with Gasteiger partial charge in [-0.15, -0.1) is 0 Å². The summed E-state index contributed by atoms with van der Waals surface area (Å²) in [6, 6.07) is 0.766. The molecule has 1 aliphatic rings. The Bertz CT molecular complexity index is 118. The standard InChI is InChI=1S/C7H16O4Si/c1-9-12(8)4-2-3-10-5-7-6-11-7/h7-8,12H,2-6H2,1H3. The molecule has 1 fully saturated rings. The molecule has 1 heterocycles. The summed E-state index contributed by atoms with van der Waals surface area (Å²) >= 11 is 0. The van der Waals surface area contributed by atoms with Crippen LogP contribution in [0.5, 0.6) is 0 Å². The van der Waals surface area contributed by atoms with Gasteiger partial charge in [-0.2, -0.15) is 0 Å². The second-order valence-corrected chi connectivity index (χ2v) is 4.82. The van der Waals surface area contributed by atoms with Crippen LogP contribution >= 0.6 is 0 Å². The Morgan fingerprint density at radius 2 is 2.42 bits per heavy atom. The zero-order valence-electron chi connectivity index (χ0n) is 7.36. The molecule has 72 valence electrons. The zero-order chi connectivity index (χ0) is 8.81. The van der Waals surface area contributed by atoms with E-state index in [0.717, 1.165) is 19.1 Å². The fourth-order valence-electron chi connectivity index (χ4n) is 0.857. The second kappa shape index (κ2) is 5.66.